The van der Waals surface area contributed by atoms with Crippen molar-refractivity contribution in [1.29, 1.82) is 0 Å². The van der Waals surface area contributed by atoms with Crippen LogP contribution in [0.5, 0.6) is 5.75 Å². The van der Waals surface area contributed by atoms with E-state index < -0.39 is 23.3 Å². The van der Waals surface area contributed by atoms with Crippen LogP contribution in [-0.4, -0.2) is 6.61 Å². The molecule has 1 fully saturated rings. The molecular weight excluding hydrogens is 428 g/mol. The Morgan fingerprint density at radius 3 is 1.97 bits per heavy atom. The van der Waals surface area contributed by atoms with Crippen LogP contribution in [0.4, 0.5) is 17.6 Å². The number of hydrogen-bond acceptors (Lipinski definition) is 1. The second kappa shape index (κ2) is 12.4. The first kappa shape index (κ1) is 25.6. The standard InChI is InChI=1S/C28H36F4O/c1-3-5-6-7-8-9-18-33-24-17-16-23(27(31)28(24)32)22-15-14-21(25(29)26(22)30)20-12-10-19(4-2)11-13-20/h14-17,19-20H,3-13,18H2,1-2H3. The molecular formula is C28H36F4O. The van der Waals surface area contributed by atoms with Crippen molar-refractivity contribution in [1.82, 2.24) is 0 Å². The maximum Gasteiger partial charge on any atom is 0.201 e. The van der Waals surface area contributed by atoms with Gasteiger partial charge in [-0.15, -0.1) is 0 Å². The van der Waals surface area contributed by atoms with Gasteiger partial charge in [-0.25, -0.2) is 13.2 Å². The monoisotopic (exact) mass is 464 g/mol. The highest BCUT2D eigenvalue weighted by Crippen LogP contribution is 2.40. The van der Waals surface area contributed by atoms with Crippen LogP contribution in [0.15, 0.2) is 24.3 Å². The molecule has 1 aliphatic rings. The lowest BCUT2D eigenvalue weighted by Crippen LogP contribution is -2.14. The van der Waals surface area contributed by atoms with E-state index in [1.54, 1.807) is 0 Å². The molecule has 0 radical (unpaired) electrons. The Morgan fingerprint density at radius 2 is 1.30 bits per heavy atom. The quantitative estimate of drug-likeness (QED) is 0.238. The number of unbranched alkanes of at least 4 members (excludes halogenated alkanes) is 5. The molecule has 0 aliphatic heterocycles. The third-order valence-corrected chi connectivity index (χ3v) is 7.07. The lowest BCUT2D eigenvalue weighted by molar-refractivity contribution is 0.285. The fourth-order valence-corrected chi connectivity index (χ4v) is 4.89. The molecule has 33 heavy (non-hydrogen) atoms. The van der Waals surface area contributed by atoms with Crippen molar-refractivity contribution >= 4 is 0 Å². The molecule has 1 nitrogen and oxygen atoms in total. The minimum atomic E-state index is -1.22. The maximum atomic E-state index is 14.9. The third-order valence-electron chi connectivity index (χ3n) is 7.07. The summed E-state index contributed by atoms with van der Waals surface area (Å²) in [4.78, 5) is 0. The van der Waals surface area contributed by atoms with E-state index in [2.05, 4.69) is 13.8 Å². The van der Waals surface area contributed by atoms with E-state index in [9.17, 15) is 17.6 Å². The van der Waals surface area contributed by atoms with Gasteiger partial charge in [0.2, 0.25) is 5.82 Å². The summed E-state index contributed by atoms with van der Waals surface area (Å²) in [7, 11) is 0. The van der Waals surface area contributed by atoms with Crippen molar-refractivity contribution in [2.24, 2.45) is 5.92 Å². The molecule has 0 unspecified atom stereocenters. The van der Waals surface area contributed by atoms with Crippen molar-refractivity contribution in [3.63, 3.8) is 0 Å². The predicted octanol–water partition coefficient (Wildman–Crippen LogP) is 9.33. The molecule has 2 aromatic rings. The molecule has 0 aromatic heterocycles. The van der Waals surface area contributed by atoms with E-state index in [0.29, 0.717) is 18.1 Å². The van der Waals surface area contributed by atoms with E-state index in [4.69, 9.17) is 4.74 Å². The molecule has 0 atom stereocenters. The summed E-state index contributed by atoms with van der Waals surface area (Å²) in [6, 6.07) is 5.46. The lowest BCUT2D eigenvalue weighted by Gasteiger charge is -2.28. The van der Waals surface area contributed by atoms with Crippen molar-refractivity contribution in [3.8, 4) is 16.9 Å². The minimum Gasteiger partial charge on any atom is -0.490 e. The van der Waals surface area contributed by atoms with Crippen molar-refractivity contribution in [2.75, 3.05) is 6.61 Å². The smallest absolute Gasteiger partial charge is 0.201 e. The van der Waals surface area contributed by atoms with Crippen LogP contribution in [0.25, 0.3) is 11.1 Å². The Balaban J connectivity index is 1.69. The first-order valence-corrected chi connectivity index (χ1v) is 12.6. The summed E-state index contributed by atoms with van der Waals surface area (Å²) in [6.45, 7) is 4.59. The van der Waals surface area contributed by atoms with Gasteiger partial charge in [0, 0.05) is 11.1 Å². The number of benzene rings is 2. The number of hydrogen-bond donors (Lipinski definition) is 0. The van der Waals surface area contributed by atoms with Crippen LogP contribution < -0.4 is 4.74 Å². The van der Waals surface area contributed by atoms with Gasteiger partial charge < -0.3 is 4.74 Å². The van der Waals surface area contributed by atoms with Gasteiger partial charge in [-0.3, -0.25) is 0 Å². The van der Waals surface area contributed by atoms with Crippen molar-refractivity contribution in [2.45, 2.75) is 90.4 Å². The van der Waals surface area contributed by atoms with Crippen molar-refractivity contribution < 1.29 is 22.3 Å². The second-order valence-electron chi connectivity index (χ2n) is 9.31. The second-order valence-corrected chi connectivity index (χ2v) is 9.31. The molecule has 2 aromatic carbocycles. The zero-order chi connectivity index (χ0) is 23.8. The molecule has 0 amide bonds. The highest BCUT2D eigenvalue weighted by Gasteiger charge is 2.27. The maximum absolute atomic E-state index is 14.9. The predicted molar refractivity (Wildman–Crippen MR) is 126 cm³/mol. The van der Waals surface area contributed by atoms with Crippen LogP contribution >= 0.6 is 0 Å². The fraction of sp³-hybridized carbons (Fsp3) is 0.571. The van der Waals surface area contributed by atoms with E-state index in [0.717, 1.165) is 57.8 Å². The molecule has 0 N–H and O–H groups in total. The Kier molecular flexibility index (Phi) is 9.64. The first-order chi connectivity index (χ1) is 16.0. The largest absolute Gasteiger partial charge is 0.490 e. The van der Waals surface area contributed by atoms with Crippen LogP contribution in [0, 0.1) is 29.2 Å². The average molecular weight is 465 g/mol. The van der Waals surface area contributed by atoms with E-state index in [1.165, 1.54) is 37.1 Å². The third kappa shape index (κ3) is 6.30. The van der Waals surface area contributed by atoms with Crippen LogP contribution in [-0.2, 0) is 0 Å². The van der Waals surface area contributed by atoms with Gasteiger partial charge in [-0.2, -0.15) is 4.39 Å². The summed E-state index contributed by atoms with van der Waals surface area (Å²) >= 11 is 0. The number of rotatable bonds is 11. The molecule has 182 valence electrons. The molecule has 0 spiro atoms. The van der Waals surface area contributed by atoms with Gasteiger partial charge in [-0.1, -0.05) is 64.5 Å². The Morgan fingerprint density at radius 1 is 0.697 bits per heavy atom. The molecule has 3 rings (SSSR count). The van der Waals surface area contributed by atoms with Crippen molar-refractivity contribution in [3.05, 3.63) is 53.1 Å². The molecule has 5 heteroatoms. The first-order valence-electron chi connectivity index (χ1n) is 12.6. The molecule has 0 bridgehead atoms. The summed E-state index contributed by atoms with van der Waals surface area (Å²) in [5.41, 5.74) is -0.222. The zero-order valence-corrected chi connectivity index (χ0v) is 19.9. The van der Waals surface area contributed by atoms with Crippen LogP contribution in [0.3, 0.4) is 0 Å². The summed E-state index contributed by atoms with van der Waals surface area (Å²) < 4.78 is 64.6. The average Bonchev–Trinajstić information content (AvgIpc) is 2.83. The van der Waals surface area contributed by atoms with Gasteiger partial charge in [-0.05, 0) is 61.6 Å². The Hall–Kier alpha value is -2.04. The zero-order valence-electron chi connectivity index (χ0n) is 19.9. The topological polar surface area (TPSA) is 9.23 Å². The van der Waals surface area contributed by atoms with Crippen LogP contribution in [0.2, 0.25) is 0 Å². The SMILES string of the molecule is CCCCCCCCOc1ccc(-c2ccc(C3CCC(CC)CC3)c(F)c2F)c(F)c1F. The summed E-state index contributed by atoms with van der Waals surface area (Å²) in [5, 5.41) is 0. The van der Waals surface area contributed by atoms with E-state index in [-0.39, 0.29) is 22.8 Å². The lowest BCUT2D eigenvalue weighted by atomic mass is 9.77. The van der Waals surface area contributed by atoms with Gasteiger partial charge in [0.25, 0.3) is 0 Å². The number of halogens is 4. The fourth-order valence-electron chi connectivity index (χ4n) is 4.89. The van der Waals surface area contributed by atoms with Gasteiger partial charge >= 0.3 is 0 Å². The minimum absolute atomic E-state index is 0.0318. The van der Waals surface area contributed by atoms with E-state index >= 15 is 0 Å². The summed E-state index contributed by atoms with van der Waals surface area (Å²) in [6.07, 6.45) is 11.1. The highest BCUT2D eigenvalue weighted by atomic mass is 19.2. The summed E-state index contributed by atoms with van der Waals surface area (Å²) in [5.74, 6) is -4.04. The molecule has 1 saturated carbocycles. The molecule has 0 heterocycles. The van der Waals surface area contributed by atoms with Crippen LogP contribution in [0.1, 0.15) is 96.0 Å². The van der Waals surface area contributed by atoms with E-state index in [1.807, 2.05) is 0 Å². The normalized spacial score (nSPS) is 18.5. The molecule has 0 saturated heterocycles. The Bertz CT molecular complexity index is 903. The van der Waals surface area contributed by atoms with Gasteiger partial charge in [0.15, 0.2) is 23.2 Å². The number of ether oxygens (including phenoxy) is 1. The highest BCUT2D eigenvalue weighted by molar-refractivity contribution is 5.66. The van der Waals surface area contributed by atoms with Gasteiger partial charge in [0.1, 0.15) is 0 Å². The Labute approximate surface area is 195 Å². The van der Waals surface area contributed by atoms with Gasteiger partial charge in [0.05, 0.1) is 6.61 Å². The molecule has 1 aliphatic carbocycles.